The van der Waals surface area contributed by atoms with Gasteiger partial charge in [-0.25, -0.2) is 4.85 Å². The van der Waals surface area contributed by atoms with E-state index in [1.165, 1.54) is 12.1 Å². The molecule has 4 aromatic carbocycles. The number of benzene rings is 4. The molecular weight excluding hydrogens is 469 g/mol. The summed E-state index contributed by atoms with van der Waals surface area (Å²) in [6.07, 6.45) is -0.902. The lowest BCUT2D eigenvalue weighted by molar-refractivity contribution is -0.137. The van der Waals surface area contributed by atoms with Gasteiger partial charge >= 0.3 is 6.18 Å². The summed E-state index contributed by atoms with van der Waals surface area (Å²) in [4.78, 5) is 3.49. The zero-order chi connectivity index (χ0) is 26.4. The van der Waals surface area contributed by atoms with Crippen molar-refractivity contribution in [2.45, 2.75) is 13.1 Å². The zero-order valence-corrected chi connectivity index (χ0v) is 19.9. The van der Waals surface area contributed by atoms with E-state index >= 15 is 0 Å². The first-order chi connectivity index (χ1) is 17.8. The number of alkyl halides is 3. The minimum absolute atomic E-state index is 0.263. The maximum absolute atomic E-state index is 12.8. The van der Waals surface area contributed by atoms with Crippen molar-refractivity contribution in [2.24, 2.45) is 0 Å². The van der Waals surface area contributed by atoms with E-state index in [1.807, 2.05) is 85.8 Å². The molecule has 180 valence electrons. The SMILES string of the molecule is [C-]#[N+]/C(=C\c1ccc(-c2ccc(/C=C(\C#N)c3ccc(C)cc3)cc2)cc1)c1ccc(C(F)(F)F)cc1. The first-order valence-corrected chi connectivity index (χ1v) is 11.4. The van der Waals surface area contributed by atoms with Gasteiger partial charge in [0, 0.05) is 0 Å². The molecule has 0 radical (unpaired) electrons. The summed E-state index contributed by atoms with van der Waals surface area (Å²) in [6.45, 7) is 9.46. The van der Waals surface area contributed by atoms with Gasteiger partial charge in [-0.2, -0.15) is 18.4 Å². The third kappa shape index (κ3) is 6.23. The molecule has 0 aliphatic carbocycles. The van der Waals surface area contributed by atoms with E-state index in [4.69, 9.17) is 6.57 Å². The molecule has 0 aliphatic heterocycles. The molecule has 37 heavy (non-hydrogen) atoms. The van der Waals surface area contributed by atoms with Crippen LogP contribution in [-0.4, -0.2) is 0 Å². The smallest absolute Gasteiger partial charge is 0.238 e. The number of nitrogens with zero attached hydrogens (tertiary/aromatic N) is 2. The van der Waals surface area contributed by atoms with Crippen LogP contribution in [-0.2, 0) is 6.18 Å². The van der Waals surface area contributed by atoms with Crippen LogP contribution in [0.4, 0.5) is 13.2 Å². The molecule has 0 bridgehead atoms. The molecule has 5 heteroatoms. The molecule has 0 spiro atoms. The van der Waals surface area contributed by atoms with Crippen molar-refractivity contribution in [1.82, 2.24) is 0 Å². The Kier molecular flexibility index (Phi) is 7.37. The highest BCUT2D eigenvalue weighted by atomic mass is 19.4. The highest BCUT2D eigenvalue weighted by Crippen LogP contribution is 2.31. The van der Waals surface area contributed by atoms with Crippen LogP contribution in [0.1, 0.15) is 33.4 Å². The van der Waals surface area contributed by atoms with Crippen molar-refractivity contribution in [3.8, 4) is 17.2 Å². The van der Waals surface area contributed by atoms with Gasteiger partial charge in [0.2, 0.25) is 0 Å². The molecule has 0 aliphatic rings. The fourth-order valence-electron chi connectivity index (χ4n) is 3.79. The Balaban J connectivity index is 1.52. The lowest BCUT2D eigenvalue weighted by Crippen LogP contribution is -2.04. The summed E-state index contributed by atoms with van der Waals surface area (Å²) >= 11 is 0. The van der Waals surface area contributed by atoms with Gasteiger partial charge < -0.3 is 0 Å². The maximum Gasteiger partial charge on any atom is 0.416 e. The first kappa shape index (κ1) is 25.2. The second kappa shape index (κ2) is 10.8. The maximum atomic E-state index is 12.8. The highest BCUT2D eigenvalue weighted by Gasteiger charge is 2.30. The molecule has 4 aromatic rings. The Morgan fingerprint density at radius 3 is 1.68 bits per heavy atom. The third-order valence-electron chi connectivity index (χ3n) is 5.88. The standard InChI is InChI=1S/C32H21F3N2/c1-22-3-9-27(10-4-22)29(21-36)19-23-5-11-25(12-6-23)26-13-7-24(8-14-26)20-31(37-2)28-15-17-30(18-16-28)32(33,34)35/h3-20H,1H3/b29-19+,31-20-. The zero-order valence-electron chi connectivity index (χ0n) is 19.9. The fourth-order valence-corrected chi connectivity index (χ4v) is 3.79. The Morgan fingerprint density at radius 1 is 0.730 bits per heavy atom. The lowest BCUT2D eigenvalue weighted by Gasteiger charge is -2.07. The average molecular weight is 491 g/mol. The number of halogens is 3. The lowest BCUT2D eigenvalue weighted by atomic mass is 9.99. The Bertz CT molecular complexity index is 1530. The Hall–Kier alpha value is -4.87. The van der Waals surface area contributed by atoms with Crippen molar-refractivity contribution >= 4 is 23.4 Å². The summed E-state index contributed by atoms with van der Waals surface area (Å²) in [5, 5.41) is 9.58. The quantitative estimate of drug-likeness (QED) is 0.156. The molecule has 0 fully saturated rings. The Labute approximate surface area is 214 Å². The normalized spacial score (nSPS) is 12.1. The van der Waals surface area contributed by atoms with Crippen LogP contribution in [0.2, 0.25) is 0 Å². The van der Waals surface area contributed by atoms with Gasteiger partial charge in [-0.05, 0) is 52.5 Å². The number of rotatable bonds is 5. The Morgan fingerprint density at radius 2 is 1.22 bits per heavy atom. The molecule has 0 saturated heterocycles. The van der Waals surface area contributed by atoms with Gasteiger partial charge in [-0.3, -0.25) is 0 Å². The van der Waals surface area contributed by atoms with Gasteiger partial charge in [-0.1, -0.05) is 103 Å². The summed E-state index contributed by atoms with van der Waals surface area (Å²) in [6, 6.07) is 30.1. The van der Waals surface area contributed by atoms with Gasteiger partial charge in [0.05, 0.1) is 23.8 Å². The van der Waals surface area contributed by atoms with Crippen LogP contribution in [0, 0.1) is 24.8 Å². The molecule has 0 amide bonds. The molecule has 0 N–H and O–H groups in total. The van der Waals surface area contributed by atoms with E-state index in [-0.39, 0.29) is 5.70 Å². The monoisotopic (exact) mass is 490 g/mol. The van der Waals surface area contributed by atoms with Crippen molar-refractivity contribution in [3.05, 3.63) is 142 Å². The van der Waals surface area contributed by atoms with Crippen LogP contribution in [0.3, 0.4) is 0 Å². The van der Waals surface area contributed by atoms with Crippen molar-refractivity contribution < 1.29 is 13.2 Å². The van der Waals surface area contributed by atoms with E-state index in [0.717, 1.165) is 45.5 Å². The highest BCUT2D eigenvalue weighted by molar-refractivity contribution is 5.90. The van der Waals surface area contributed by atoms with E-state index in [1.54, 1.807) is 6.08 Å². The van der Waals surface area contributed by atoms with E-state index in [2.05, 4.69) is 10.9 Å². The molecule has 4 rings (SSSR count). The fraction of sp³-hybridized carbons (Fsp3) is 0.0625. The largest absolute Gasteiger partial charge is 0.416 e. The van der Waals surface area contributed by atoms with E-state index in [9.17, 15) is 18.4 Å². The van der Waals surface area contributed by atoms with Crippen molar-refractivity contribution in [3.63, 3.8) is 0 Å². The number of hydrogen-bond donors (Lipinski definition) is 0. The molecule has 0 saturated carbocycles. The molecule has 0 unspecified atom stereocenters. The van der Waals surface area contributed by atoms with Crippen LogP contribution in [0.5, 0.6) is 0 Å². The van der Waals surface area contributed by atoms with Crippen LogP contribution < -0.4 is 0 Å². The molecule has 0 aromatic heterocycles. The minimum Gasteiger partial charge on any atom is -0.238 e. The topological polar surface area (TPSA) is 28.1 Å². The minimum atomic E-state index is -4.41. The van der Waals surface area contributed by atoms with Crippen LogP contribution >= 0.6 is 0 Å². The molecule has 0 heterocycles. The molecule has 0 atom stereocenters. The van der Waals surface area contributed by atoms with Gasteiger partial charge in [0.1, 0.15) is 0 Å². The predicted octanol–water partition coefficient (Wildman–Crippen LogP) is 9.16. The molecular formula is C32H21F3N2. The van der Waals surface area contributed by atoms with Crippen LogP contribution in [0.15, 0.2) is 97.1 Å². The second-order valence-corrected chi connectivity index (χ2v) is 8.50. The van der Waals surface area contributed by atoms with E-state index in [0.29, 0.717) is 11.1 Å². The summed E-state index contributed by atoms with van der Waals surface area (Å²) < 4.78 is 38.4. The van der Waals surface area contributed by atoms with Crippen LogP contribution in [0.25, 0.3) is 39.4 Å². The number of aryl methyl sites for hydroxylation is 1. The van der Waals surface area contributed by atoms with Crippen molar-refractivity contribution in [1.29, 1.82) is 5.26 Å². The van der Waals surface area contributed by atoms with E-state index < -0.39 is 11.7 Å². The molecule has 2 nitrogen and oxygen atoms in total. The third-order valence-corrected chi connectivity index (χ3v) is 5.88. The summed E-state index contributed by atoms with van der Waals surface area (Å²) in [5.74, 6) is 0. The van der Waals surface area contributed by atoms with Gasteiger partial charge in [0.15, 0.2) is 5.70 Å². The number of allylic oxidation sites excluding steroid dienone is 1. The van der Waals surface area contributed by atoms with Crippen molar-refractivity contribution in [2.75, 3.05) is 0 Å². The van der Waals surface area contributed by atoms with Gasteiger partial charge in [-0.15, -0.1) is 0 Å². The summed E-state index contributed by atoms with van der Waals surface area (Å²) in [5.41, 5.74) is 6.20. The number of nitriles is 1. The predicted molar refractivity (Wildman–Crippen MR) is 142 cm³/mol. The average Bonchev–Trinajstić information content (AvgIpc) is 2.91. The first-order valence-electron chi connectivity index (χ1n) is 11.4. The number of hydrogen-bond acceptors (Lipinski definition) is 1. The second-order valence-electron chi connectivity index (χ2n) is 8.50. The van der Waals surface area contributed by atoms with Gasteiger partial charge in [0.25, 0.3) is 0 Å². The summed E-state index contributed by atoms with van der Waals surface area (Å²) in [7, 11) is 0.